The third-order valence-electron chi connectivity index (χ3n) is 5.12. The number of nitrogens with zero attached hydrogens (tertiary/aromatic N) is 1. The van der Waals surface area contributed by atoms with Crippen LogP contribution in [-0.4, -0.2) is 17.6 Å². The molecule has 1 heterocycles. The number of carbonyl (C=O) groups excluding carboxylic acids is 2. The zero-order chi connectivity index (χ0) is 21.1. The smallest absolute Gasteiger partial charge is 0.251 e. The summed E-state index contributed by atoms with van der Waals surface area (Å²) in [6.45, 7) is 2.80. The van der Waals surface area contributed by atoms with E-state index in [0.29, 0.717) is 24.4 Å². The van der Waals surface area contributed by atoms with E-state index in [1.165, 1.54) is 23.9 Å². The van der Waals surface area contributed by atoms with Crippen LogP contribution in [0.15, 0.2) is 71.6 Å². The maximum absolute atomic E-state index is 13.0. The predicted molar refractivity (Wildman–Crippen MR) is 117 cm³/mol. The lowest BCUT2D eigenvalue weighted by atomic mass is 10.1. The van der Waals surface area contributed by atoms with Crippen LogP contribution < -0.4 is 10.2 Å². The first-order valence-electron chi connectivity index (χ1n) is 9.65. The van der Waals surface area contributed by atoms with Crippen LogP contribution >= 0.6 is 11.8 Å². The molecule has 1 aliphatic heterocycles. The third kappa shape index (κ3) is 4.39. The molecule has 1 N–H and O–H groups in total. The topological polar surface area (TPSA) is 49.4 Å². The molecule has 0 fully saturated rings. The van der Waals surface area contributed by atoms with Crippen molar-refractivity contribution in [1.82, 2.24) is 5.32 Å². The van der Waals surface area contributed by atoms with Crippen molar-refractivity contribution in [2.24, 2.45) is 0 Å². The van der Waals surface area contributed by atoms with E-state index in [1.807, 2.05) is 37.3 Å². The minimum atomic E-state index is -0.310. The van der Waals surface area contributed by atoms with Gasteiger partial charge < -0.3 is 10.2 Å². The Labute approximate surface area is 179 Å². The quantitative estimate of drug-likeness (QED) is 0.651. The minimum Gasteiger partial charge on any atom is -0.348 e. The number of hydrogen-bond acceptors (Lipinski definition) is 3. The summed E-state index contributed by atoms with van der Waals surface area (Å²) in [5.74, 6) is -0.133. The molecule has 1 aliphatic rings. The van der Waals surface area contributed by atoms with Gasteiger partial charge in [-0.05, 0) is 53.9 Å². The first-order valence-corrected chi connectivity index (χ1v) is 10.6. The van der Waals surface area contributed by atoms with E-state index < -0.39 is 0 Å². The summed E-state index contributed by atoms with van der Waals surface area (Å²) in [4.78, 5) is 28.1. The fourth-order valence-corrected chi connectivity index (χ4v) is 4.28. The number of benzene rings is 3. The summed E-state index contributed by atoms with van der Waals surface area (Å²) < 4.78 is 13.0. The second-order valence-electron chi connectivity index (χ2n) is 7.19. The minimum absolute atomic E-state index is 0.0274. The lowest BCUT2D eigenvalue weighted by Crippen LogP contribution is -2.35. The summed E-state index contributed by atoms with van der Waals surface area (Å²) in [6.07, 6.45) is 0. The van der Waals surface area contributed by atoms with Gasteiger partial charge in [-0.3, -0.25) is 9.59 Å². The number of rotatable bonds is 5. The molecule has 0 aliphatic carbocycles. The molecule has 2 amide bonds. The lowest BCUT2D eigenvalue weighted by molar-refractivity contribution is -0.116. The Balaban J connectivity index is 1.55. The van der Waals surface area contributed by atoms with Crippen LogP contribution in [0.1, 0.15) is 27.0 Å². The number of nitrogens with one attached hydrogen (secondary N) is 1. The number of carbonyl (C=O) groups is 2. The molecule has 0 radical (unpaired) electrons. The Morgan fingerprint density at radius 1 is 1.10 bits per heavy atom. The predicted octanol–water partition coefficient (Wildman–Crippen LogP) is 4.70. The molecule has 0 aromatic heterocycles. The highest BCUT2D eigenvalue weighted by atomic mass is 32.2. The van der Waals surface area contributed by atoms with Gasteiger partial charge in [0.15, 0.2) is 0 Å². The fourth-order valence-electron chi connectivity index (χ4n) is 3.36. The summed E-state index contributed by atoms with van der Waals surface area (Å²) in [6, 6.07) is 19.4. The Morgan fingerprint density at radius 2 is 1.87 bits per heavy atom. The first kappa shape index (κ1) is 20.2. The first-order chi connectivity index (χ1) is 14.5. The molecular formula is C24H21FN2O2S. The second kappa shape index (κ2) is 8.71. The zero-order valence-electron chi connectivity index (χ0n) is 16.5. The van der Waals surface area contributed by atoms with Crippen molar-refractivity contribution >= 4 is 29.3 Å². The van der Waals surface area contributed by atoms with Crippen LogP contribution in [0.4, 0.5) is 10.1 Å². The SMILES string of the molecule is Cc1ccccc1CN1C(=O)CSc2ccc(C(=O)NCc3ccc(F)cc3)cc21. The van der Waals surface area contributed by atoms with Crippen LogP contribution in [-0.2, 0) is 17.9 Å². The van der Waals surface area contributed by atoms with Crippen LogP contribution in [0.3, 0.4) is 0 Å². The summed E-state index contributed by atoms with van der Waals surface area (Å²) >= 11 is 1.49. The molecule has 30 heavy (non-hydrogen) atoms. The van der Waals surface area contributed by atoms with Crippen molar-refractivity contribution in [3.63, 3.8) is 0 Å². The summed E-state index contributed by atoms with van der Waals surface area (Å²) in [5.41, 5.74) is 4.26. The van der Waals surface area contributed by atoms with Crippen molar-refractivity contribution in [2.75, 3.05) is 10.7 Å². The number of aryl methyl sites for hydroxylation is 1. The van der Waals surface area contributed by atoms with Gasteiger partial charge in [-0.25, -0.2) is 4.39 Å². The van der Waals surface area contributed by atoms with Crippen molar-refractivity contribution in [3.8, 4) is 0 Å². The third-order valence-corrected chi connectivity index (χ3v) is 6.17. The van der Waals surface area contributed by atoms with E-state index >= 15 is 0 Å². The molecule has 3 aromatic rings. The Kier molecular flexibility index (Phi) is 5.86. The molecule has 0 bridgehead atoms. The van der Waals surface area contributed by atoms with Crippen molar-refractivity contribution in [1.29, 1.82) is 0 Å². The van der Waals surface area contributed by atoms with Gasteiger partial charge in [-0.1, -0.05) is 36.4 Å². The van der Waals surface area contributed by atoms with E-state index in [-0.39, 0.29) is 17.6 Å². The van der Waals surface area contributed by atoms with E-state index in [1.54, 1.807) is 29.2 Å². The van der Waals surface area contributed by atoms with Crippen LogP contribution in [0.5, 0.6) is 0 Å². The number of halogens is 1. The van der Waals surface area contributed by atoms with Gasteiger partial charge in [-0.15, -0.1) is 11.8 Å². The molecule has 0 spiro atoms. The zero-order valence-corrected chi connectivity index (χ0v) is 17.3. The number of amides is 2. The van der Waals surface area contributed by atoms with Gasteiger partial charge in [0.25, 0.3) is 5.91 Å². The van der Waals surface area contributed by atoms with Crippen molar-refractivity contribution < 1.29 is 14.0 Å². The maximum Gasteiger partial charge on any atom is 0.251 e. The fraction of sp³-hybridized carbons (Fsp3) is 0.167. The normalized spacial score (nSPS) is 13.1. The van der Waals surface area contributed by atoms with E-state index in [4.69, 9.17) is 0 Å². The molecule has 0 saturated heterocycles. The number of thioether (sulfide) groups is 1. The highest BCUT2D eigenvalue weighted by molar-refractivity contribution is 8.00. The number of hydrogen-bond donors (Lipinski definition) is 1. The molecule has 152 valence electrons. The highest BCUT2D eigenvalue weighted by Crippen LogP contribution is 2.37. The Morgan fingerprint density at radius 3 is 2.63 bits per heavy atom. The standard InChI is InChI=1S/C24H21FN2O2S/c1-16-4-2-3-5-19(16)14-27-21-12-18(8-11-22(21)30-15-23(27)28)24(29)26-13-17-6-9-20(25)10-7-17/h2-12H,13-15H2,1H3,(H,26,29). The van der Waals surface area contributed by atoms with Gasteiger partial charge in [0.2, 0.25) is 5.91 Å². The van der Waals surface area contributed by atoms with Gasteiger partial charge in [0, 0.05) is 17.0 Å². The summed E-state index contributed by atoms with van der Waals surface area (Å²) in [5, 5.41) is 2.85. The molecule has 6 heteroatoms. The average molecular weight is 421 g/mol. The van der Waals surface area contributed by atoms with E-state index in [0.717, 1.165) is 27.3 Å². The van der Waals surface area contributed by atoms with Gasteiger partial charge in [-0.2, -0.15) is 0 Å². The maximum atomic E-state index is 13.0. The largest absolute Gasteiger partial charge is 0.348 e. The van der Waals surface area contributed by atoms with Gasteiger partial charge in [0.05, 0.1) is 18.0 Å². The molecular weight excluding hydrogens is 399 g/mol. The van der Waals surface area contributed by atoms with Crippen LogP contribution in [0.2, 0.25) is 0 Å². The average Bonchev–Trinajstić information content (AvgIpc) is 2.76. The Hall–Kier alpha value is -3.12. The lowest BCUT2D eigenvalue weighted by Gasteiger charge is -2.30. The van der Waals surface area contributed by atoms with Crippen LogP contribution in [0, 0.1) is 12.7 Å². The van der Waals surface area contributed by atoms with E-state index in [2.05, 4.69) is 5.32 Å². The molecule has 3 aromatic carbocycles. The molecule has 0 unspecified atom stereocenters. The molecule has 0 saturated carbocycles. The second-order valence-corrected chi connectivity index (χ2v) is 8.20. The highest BCUT2D eigenvalue weighted by Gasteiger charge is 2.26. The van der Waals surface area contributed by atoms with Gasteiger partial charge >= 0.3 is 0 Å². The Bertz CT molecular complexity index is 1100. The van der Waals surface area contributed by atoms with E-state index in [9.17, 15) is 14.0 Å². The molecule has 4 rings (SSSR count). The molecule has 0 atom stereocenters. The van der Waals surface area contributed by atoms with Gasteiger partial charge in [0.1, 0.15) is 5.82 Å². The monoisotopic (exact) mass is 420 g/mol. The number of anilines is 1. The number of fused-ring (bicyclic) bond motifs is 1. The summed E-state index contributed by atoms with van der Waals surface area (Å²) in [7, 11) is 0. The van der Waals surface area contributed by atoms with Crippen molar-refractivity contribution in [3.05, 3.63) is 94.8 Å². The van der Waals surface area contributed by atoms with Crippen molar-refractivity contribution in [2.45, 2.75) is 24.9 Å². The van der Waals surface area contributed by atoms with Crippen LogP contribution in [0.25, 0.3) is 0 Å². The molecule has 4 nitrogen and oxygen atoms in total.